The molecule has 1 heterocycles. The van der Waals surface area contributed by atoms with Gasteiger partial charge in [-0.25, -0.2) is 4.98 Å². The zero-order chi connectivity index (χ0) is 15.3. The van der Waals surface area contributed by atoms with Gasteiger partial charge in [0.15, 0.2) is 5.96 Å². The van der Waals surface area contributed by atoms with Gasteiger partial charge < -0.3 is 15.2 Å². The van der Waals surface area contributed by atoms with Crippen LogP contribution in [-0.2, 0) is 12.0 Å². The van der Waals surface area contributed by atoms with Crippen molar-refractivity contribution in [3.05, 3.63) is 54.6 Å². The van der Waals surface area contributed by atoms with Gasteiger partial charge in [-0.1, -0.05) is 30.3 Å². The lowest BCUT2D eigenvalue weighted by Crippen LogP contribution is -2.42. The Morgan fingerprint density at radius 2 is 2.09 bits per heavy atom. The van der Waals surface area contributed by atoms with E-state index >= 15 is 0 Å². The fourth-order valence-corrected chi connectivity index (χ4v) is 2.71. The first-order valence-corrected chi connectivity index (χ1v) is 7.78. The third kappa shape index (κ3) is 3.47. The number of hydrogen-bond acceptors (Lipinski definition) is 2. The molecule has 1 aromatic carbocycles. The topological polar surface area (TPSA) is 54.2 Å². The van der Waals surface area contributed by atoms with Gasteiger partial charge in [0, 0.05) is 44.5 Å². The maximum absolute atomic E-state index is 4.30. The molecule has 0 amide bonds. The molecular formula is C17H23N5. The molecule has 116 valence electrons. The van der Waals surface area contributed by atoms with E-state index in [1.54, 1.807) is 6.20 Å². The molecule has 2 aromatic rings. The van der Waals surface area contributed by atoms with Crippen molar-refractivity contribution >= 4 is 5.96 Å². The fourth-order valence-electron chi connectivity index (χ4n) is 2.71. The summed E-state index contributed by atoms with van der Waals surface area (Å²) < 4.78 is 2.05. The molecule has 3 rings (SSSR count). The summed E-state index contributed by atoms with van der Waals surface area (Å²) in [5, 5.41) is 6.81. The minimum Gasteiger partial charge on any atom is -0.356 e. The molecule has 0 aliphatic heterocycles. The van der Waals surface area contributed by atoms with Gasteiger partial charge in [0.2, 0.25) is 0 Å². The minimum atomic E-state index is 0.295. The molecule has 5 heteroatoms. The number of nitrogens with zero attached hydrogens (tertiary/aromatic N) is 3. The molecule has 0 radical (unpaired) electrons. The number of hydrogen-bond donors (Lipinski definition) is 2. The van der Waals surface area contributed by atoms with E-state index in [0.29, 0.717) is 5.41 Å². The quantitative estimate of drug-likeness (QED) is 0.631. The van der Waals surface area contributed by atoms with Crippen molar-refractivity contribution in [3.63, 3.8) is 0 Å². The van der Waals surface area contributed by atoms with Crippen LogP contribution in [0.4, 0.5) is 0 Å². The summed E-state index contributed by atoms with van der Waals surface area (Å²) in [6, 6.07) is 10.8. The van der Waals surface area contributed by atoms with Gasteiger partial charge in [0.05, 0.1) is 6.33 Å². The second-order valence-electron chi connectivity index (χ2n) is 5.80. The highest BCUT2D eigenvalue weighted by Crippen LogP contribution is 2.47. The van der Waals surface area contributed by atoms with E-state index in [1.807, 2.05) is 24.1 Å². The van der Waals surface area contributed by atoms with Crippen LogP contribution in [0.1, 0.15) is 18.4 Å². The lowest BCUT2D eigenvalue weighted by atomic mass is 9.96. The molecule has 2 N–H and O–H groups in total. The van der Waals surface area contributed by atoms with Crippen molar-refractivity contribution in [1.29, 1.82) is 0 Å². The Morgan fingerprint density at radius 3 is 2.73 bits per heavy atom. The largest absolute Gasteiger partial charge is 0.356 e. The summed E-state index contributed by atoms with van der Waals surface area (Å²) in [4.78, 5) is 8.34. The summed E-state index contributed by atoms with van der Waals surface area (Å²) in [5.74, 6) is 0.863. The van der Waals surface area contributed by atoms with Crippen LogP contribution in [0.2, 0.25) is 0 Å². The highest BCUT2D eigenvalue weighted by atomic mass is 15.2. The van der Waals surface area contributed by atoms with E-state index in [-0.39, 0.29) is 0 Å². The third-order valence-electron chi connectivity index (χ3n) is 4.28. The van der Waals surface area contributed by atoms with E-state index in [1.165, 1.54) is 18.4 Å². The SMILES string of the molecule is CN=C(NCCn1ccnc1)NCC1(c2ccccc2)CC1. The number of benzene rings is 1. The summed E-state index contributed by atoms with van der Waals surface area (Å²) in [6.45, 7) is 2.64. The number of aliphatic imine (C=N–C) groups is 1. The van der Waals surface area contributed by atoms with Gasteiger partial charge in [-0.05, 0) is 18.4 Å². The molecular weight excluding hydrogens is 274 g/mol. The molecule has 1 saturated carbocycles. The van der Waals surface area contributed by atoms with Crippen molar-refractivity contribution in [3.8, 4) is 0 Å². The smallest absolute Gasteiger partial charge is 0.191 e. The maximum atomic E-state index is 4.30. The van der Waals surface area contributed by atoms with Crippen LogP contribution in [-0.4, -0.2) is 35.6 Å². The number of nitrogens with one attached hydrogen (secondary N) is 2. The van der Waals surface area contributed by atoms with Gasteiger partial charge in [0.1, 0.15) is 0 Å². The lowest BCUT2D eigenvalue weighted by Gasteiger charge is -2.19. The zero-order valence-corrected chi connectivity index (χ0v) is 13.0. The molecule has 0 saturated heterocycles. The van der Waals surface area contributed by atoms with Crippen LogP contribution in [0.3, 0.4) is 0 Å². The molecule has 1 fully saturated rings. The first-order valence-electron chi connectivity index (χ1n) is 7.78. The normalized spacial score (nSPS) is 16.3. The first kappa shape index (κ1) is 14.6. The molecule has 0 spiro atoms. The van der Waals surface area contributed by atoms with Gasteiger partial charge in [-0.2, -0.15) is 0 Å². The predicted molar refractivity (Wildman–Crippen MR) is 88.9 cm³/mol. The second kappa shape index (κ2) is 6.64. The Bertz CT molecular complexity index is 599. The molecule has 22 heavy (non-hydrogen) atoms. The van der Waals surface area contributed by atoms with Crippen molar-refractivity contribution in [2.75, 3.05) is 20.1 Å². The number of rotatable bonds is 6. The first-order chi connectivity index (χ1) is 10.8. The third-order valence-corrected chi connectivity index (χ3v) is 4.28. The molecule has 0 unspecified atom stereocenters. The second-order valence-corrected chi connectivity index (χ2v) is 5.80. The van der Waals surface area contributed by atoms with Crippen LogP contribution in [0.15, 0.2) is 54.0 Å². The van der Waals surface area contributed by atoms with E-state index in [0.717, 1.165) is 25.6 Å². The van der Waals surface area contributed by atoms with E-state index < -0.39 is 0 Å². The Labute approximate surface area is 131 Å². The lowest BCUT2D eigenvalue weighted by molar-refractivity contribution is 0.628. The molecule has 1 aromatic heterocycles. The summed E-state index contributed by atoms with van der Waals surface area (Å²) >= 11 is 0. The van der Waals surface area contributed by atoms with Gasteiger partial charge in [0.25, 0.3) is 0 Å². The Morgan fingerprint density at radius 1 is 1.27 bits per heavy atom. The zero-order valence-electron chi connectivity index (χ0n) is 13.0. The van der Waals surface area contributed by atoms with E-state index in [4.69, 9.17) is 0 Å². The highest BCUT2D eigenvalue weighted by molar-refractivity contribution is 5.79. The molecule has 1 aliphatic rings. The van der Waals surface area contributed by atoms with Crippen LogP contribution in [0.25, 0.3) is 0 Å². The van der Waals surface area contributed by atoms with Crippen LogP contribution in [0.5, 0.6) is 0 Å². The summed E-state index contributed by atoms with van der Waals surface area (Å²) in [6.07, 6.45) is 8.08. The van der Waals surface area contributed by atoms with Crippen molar-refractivity contribution in [2.45, 2.75) is 24.8 Å². The van der Waals surface area contributed by atoms with Crippen molar-refractivity contribution < 1.29 is 0 Å². The standard InChI is InChI=1S/C17H23N5/c1-18-16(20-10-12-22-11-9-19-14-22)21-13-17(7-8-17)15-5-3-2-4-6-15/h2-6,9,11,14H,7-8,10,12-13H2,1H3,(H2,18,20,21). The Balaban J connectivity index is 1.47. The maximum Gasteiger partial charge on any atom is 0.191 e. The predicted octanol–water partition coefficient (Wildman–Crippen LogP) is 1.78. The Hall–Kier alpha value is -2.30. The van der Waals surface area contributed by atoms with E-state index in [2.05, 4.69) is 50.9 Å². The Kier molecular flexibility index (Phi) is 4.42. The van der Waals surface area contributed by atoms with Gasteiger partial charge >= 0.3 is 0 Å². The minimum absolute atomic E-state index is 0.295. The van der Waals surface area contributed by atoms with Crippen molar-refractivity contribution in [2.24, 2.45) is 4.99 Å². The number of imidazole rings is 1. The van der Waals surface area contributed by atoms with Gasteiger partial charge in [-0.15, -0.1) is 0 Å². The van der Waals surface area contributed by atoms with E-state index in [9.17, 15) is 0 Å². The average Bonchev–Trinajstić information content (AvgIpc) is 3.18. The number of aromatic nitrogens is 2. The van der Waals surface area contributed by atoms with Crippen LogP contribution < -0.4 is 10.6 Å². The molecule has 1 aliphatic carbocycles. The van der Waals surface area contributed by atoms with Gasteiger partial charge in [-0.3, -0.25) is 4.99 Å². The van der Waals surface area contributed by atoms with Crippen LogP contribution >= 0.6 is 0 Å². The molecule has 0 bridgehead atoms. The molecule has 5 nitrogen and oxygen atoms in total. The fraction of sp³-hybridized carbons (Fsp3) is 0.412. The molecule has 0 atom stereocenters. The van der Waals surface area contributed by atoms with Crippen LogP contribution in [0, 0.1) is 0 Å². The summed E-state index contributed by atoms with van der Waals surface area (Å²) in [7, 11) is 1.81. The number of guanidine groups is 1. The highest BCUT2D eigenvalue weighted by Gasteiger charge is 2.43. The summed E-state index contributed by atoms with van der Waals surface area (Å²) in [5.41, 5.74) is 1.72. The monoisotopic (exact) mass is 297 g/mol. The average molecular weight is 297 g/mol. The van der Waals surface area contributed by atoms with Crippen molar-refractivity contribution in [1.82, 2.24) is 20.2 Å².